The van der Waals surface area contributed by atoms with Crippen LogP contribution >= 0.6 is 0 Å². The molecule has 6 heteroatoms. The monoisotopic (exact) mass is 283 g/mol. The van der Waals surface area contributed by atoms with Gasteiger partial charge in [0.1, 0.15) is 5.75 Å². The lowest BCUT2D eigenvalue weighted by Gasteiger charge is -1.98. The van der Waals surface area contributed by atoms with Crippen LogP contribution in [0.25, 0.3) is 0 Å². The van der Waals surface area contributed by atoms with E-state index in [-0.39, 0.29) is 11.4 Å². The Morgan fingerprint density at radius 1 is 1.19 bits per heavy atom. The lowest BCUT2D eigenvalue weighted by atomic mass is 10.1. The first-order valence-corrected chi connectivity index (χ1v) is 6.18. The molecule has 0 atom stereocenters. The third kappa shape index (κ3) is 3.73. The van der Waals surface area contributed by atoms with Gasteiger partial charge < -0.3 is 5.11 Å². The Morgan fingerprint density at radius 2 is 1.86 bits per heavy atom. The first-order chi connectivity index (χ1) is 10.1. The van der Waals surface area contributed by atoms with E-state index in [1.807, 2.05) is 0 Å². The summed E-state index contributed by atoms with van der Waals surface area (Å²) in [5.41, 5.74) is 1.97. The van der Waals surface area contributed by atoms with Gasteiger partial charge in [0.25, 0.3) is 5.69 Å². The van der Waals surface area contributed by atoms with Gasteiger partial charge in [-0.1, -0.05) is 12.1 Å². The second kappa shape index (κ2) is 6.42. The quantitative estimate of drug-likeness (QED) is 0.531. The van der Waals surface area contributed by atoms with Crippen LogP contribution in [-0.2, 0) is 0 Å². The molecule has 0 spiro atoms. The number of para-hydroxylation sites is 1. The molecule has 0 unspecified atom stereocenters. The van der Waals surface area contributed by atoms with Gasteiger partial charge in [0.05, 0.1) is 16.8 Å². The highest BCUT2D eigenvalue weighted by atomic mass is 16.6. The Labute approximate surface area is 121 Å². The number of hydrogen-bond donors (Lipinski definition) is 1. The second-order valence-corrected chi connectivity index (χ2v) is 4.29. The molecule has 0 fully saturated rings. The van der Waals surface area contributed by atoms with Gasteiger partial charge in [0.2, 0.25) is 0 Å². The molecule has 0 aliphatic carbocycles. The molecule has 0 bridgehead atoms. The van der Waals surface area contributed by atoms with Crippen LogP contribution in [0.3, 0.4) is 0 Å². The first-order valence-electron chi connectivity index (χ1n) is 6.18. The van der Waals surface area contributed by atoms with Crippen LogP contribution < -0.4 is 0 Å². The van der Waals surface area contributed by atoms with Gasteiger partial charge in [-0.15, -0.1) is 0 Å². The van der Waals surface area contributed by atoms with Crippen molar-refractivity contribution in [1.29, 1.82) is 0 Å². The molecule has 2 aromatic rings. The molecule has 21 heavy (non-hydrogen) atoms. The Morgan fingerprint density at radius 3 is 2.48 bits per heavy atom. The molecule has 0 radical (unpaired) electrons. The molecular weight excluding hydrogens is 270 g/mol. The minimum absolute atomic E-state index is 0.0317. The third-order valence-electron chi connectivity index (χ3n) is 2.84. The zero-order chi connectivity index (χ0) is 15.2. The number of non-ortho nitro benzene ring substituents is 1. The summed E-state index contributed by atoms with van der Waals surface area (Å²) in [6.45, 7) is 1.75. The minimum Gasteiger partial charge on any atom is -0.507 e. The number of nitrogens with zero attached hydrogens (tertiary/aromatic N) is 3. The van der Waals surface area contributed by atoms with E-state index in [9.17, 15) is 15.2 Å². The van der Waals surface area contributed by atoms with Gasteiger partial charge in [-0.2, -0.15) is 10.2 Å². The number of rotatable bonds is 4. The number of phenols is 1. The van der Waals surface area contributed by atoms with Gasteiger partial charge in [0, 0.05) is 17.7 Å². The highest BCUT2D eigenvalue weighted by Crippen LogP contribution is 2.14. The normalized spacial score (nSPS) is 11.8. The van der Waals surface area contributed by atoms with E-state index in [1.165, 1.54) is 18.3 Å². The molecule has 0 amide bonds. The van der Waals surface area contributed by atoms with Crippen molar-refractivity contribution in [2.24, 2.45) is 10.2 Å². The summed E-state index contributed by atoms with van der Waals surface area (Å²) in [4.78, 5) is 10.1. The molecule has 0 saturated heterocycles. The van der Waals surface area contributed by atoms with Crippen LogP contribution in [0.15, 0.2) is 58.7 Å². The molecule has 0 saturated carbocycles. The molecule has 0 aliphatic rings. The summed E-state index contributed by atoms with van der Waals surface area (Å²) < 4.78 is 0. The molecule has 6 nitrogen and oxygen atoms in total. The fraction of sp³-hybridized carbons (Fsp3) is 0.0667. The van der Waals surface area contributed by atoms with Crippen molar-refractivity contribution in [3.05, 3.63) is 69.8 Å². The van der Waals surface area contributed by atoms with E-state index >= 15 is 0 Å². The lowest BCUT2D eigenvalue weighted by molar-refractivity contribution is -0.384. The maximum absolute atomic E-state index is 10.6. The Bertz CT molecular complexity index is 706. The predicted octanol–water partition coefficient (Wildman–Crippen LogP) is 3.14. The van der Waals surface area contributed by atoms with Gasteiger partial charge in [0.15, 0.2) is 0 Å². The van der Waals surface area contributed by atoms with Crippen molar-refractivity contribution in [2.75, 3.05) is 0 Å². The van der Waals surface area contributed by atoms with Crippen molar-refractivity contribution >= 4 is 17.6 Å². The minimum atomic E-state index is -0.452. The van der Waals surface area contributed by atoms with E-state index < -0.39 is 4.92 Å². The summed E-state index contributed by atoms with van der Waals surface area (Å²) in [6.07, 6.45) is 1.45. The summed E-state index contributed by atoms with van der Waals surface area (Å²) in [5.74, 6) is 0.129. The largest absolute Gasteiger partial charge is 0.507 e. The predicted molar refractivity (Wildman–Crippen MR) is 81.0 cm³/mol. The Hall–Kier alpha value is -3.02. The number of hydrogen-bond acceptors (Lipinski definition) is 5. The number of nitro benzene ring substituents is 1. The smallest absolute Gasteiger partial charge is 0.269 e. The Balaban J connectivity index is 2.14. The summed E-state index contributed by atoms with van der Waals surface area (Å²) in [7, 11) is 0. The van der Waals surface area contributed by atoms with Crippen molar-refractivity contribution in [2.45, 2.75) is 6.92 Å². The zero-order valence-corrected chi connectivity index (χ0v) is 11.3. The highest BCUT2D eigenvalue weighted by molar-refractivity contribution is 5.99. The number of phenolic OH excluding ortho intramolecular Hbond substituents is 1. The van der Waals surface area contributed by atoms with Crippen molar-refractivity contribution in [3.63, 3.8) is 0 Å². The molecule has 2 aromatic carbocycles. The molecule has 106 valence electrons. The Kier molecular flexibility index (Phi) is 4.40. The second-order valence-electron chi connectivity index (χ2n) is 4.29. The van der Waals surface area contributed by atoms with E-state index in [1.54, 1.807) is 43.3 Å². The van der Waals surface area contributed by atoms with Crippen LogP contribution in [0.4, 0.5) is 5.69 Å². The zero-order valence-electron chi connectivity index (χ0n) is 11.3. The van der Waals surface area contributed by atoms with Crippen LogP contribution in [0.2, 0.25) is 0 Å². The van der Waals surface area contributed by atoms with Gasteiger partial charge in [-0.05, 0) is 36.8 Å². The molecule has 0 aliphatic heterocycles. The van der Waals surface area contributed by atoms with Crippen molar-refractivity contribution in [1.82, 2.24) is 0 Å². The van der Waals surface area contributed by atoms with Gasteiger partial charge in [-0.25, -0.2) is 0 Å². The standard InChI is InChI=1S/C15H13N3O3/c1-11(12-6-8-14(9-7-12)18(20)21)17-16-10-13-4-2-3-5-15(13)19/h2-10,19H,1H3/b16-10+,17-11?. The third-order valence-corrected chi connectivity index (χ3v) is 2.84. The van der Waals surface area contributed by atoms with E-state index in [0.717, 1.165) is 5.56 Å². The van der Waals surface area contributed by atoms with E-state index in [2.05, 4.69) is 10.2 Å². The van der Waals surface area contributed by atoms with Crippen LogP contribution in [0.1, 0.15) is 18.1 Å². The van der Waals surface area contributed by atoms with Gasteiger partial charge in [-0.3, -0.25) is 10.1 Å². The van der Waals surface area contributed by atoms with Crippen molar-refractivity contribution in [3.8, 4) is 5.75 Å². The van der Waals surface area contributed by atoms with E-state index in [4.69, 9.17) is 0 Å². The molecular formula is C15H13N3O3. The molecule has 1 N–H and O–H groups in total. The molecule has 2 rings (SSSR count). The van der Waals surface area contributed by atoms with Crippen LogP contribution in [-0.4, -0.2) is 22.0 Å². The van der Waals surface area contributed by atoms with Gasteiger partial charge >= 0.3 is 0 Å². The van der Waals surface area contributed by atoms with Crippen LogP contribution in [0.5, 0.6) is 5.75 Å². The summed E-state index contributed by atoms with van der Waals surface area (Å²) >= 11 is 0. The number of aromatic hydroxyl groups is 1. The average molecular weight is 283 g/mol. The number of nitro groups is 1. The molecule has 0 aromatic heterocycles. The average Bonchev–Trinajstić information content (AvgIpc) is 2.49. The fourth-order valence-electron chi connectivity index (χ4n) is 1.66. The highest BCUT2D eigenvalue weighted by Gasteiger charge is 2.05. The molecule has 0 heterocycles. The van der Waals surface area contributed by atoms with Crippen molar-refractivity contribution < 1.29 is 10.0 Å². The maximum Gasteiger partial charge on any atom is 0.269 e. The van der Waals surface area contributed by atoms with Crippen LogP contribution in [0, 0.1) is 10.1 Å². The topological polar surface area (TPSA) is 88.1 Å². The first kappa shape index (κ1) is 14.4. The van der Waals surface area contributed by atoms with E-state index in [0.29, 0.717) is 11.3 Å². The summed E-state index contributed by atoms with van der Waals surface area (Å²) in [6, 6.07) is 12.9. The number of benzene rings is 2. The fourth-order valence-corrected chi connectivity index (χ4v) is 1.66. The maximum atomic E-state index is 10.6. The summed E-state index contributed by atoms with van der Waals surface area (Å²) in [5, 5.41) is 28.1. The lowest BCUT2D eigenvalue weighted by Crippen LogP contribution is -1.95. The SMILES string of the molecule is CC(=N/N=C/c1ccccc1O)c1ccc([N+](=O)[O-])cc1.